The lowest BCUT2D eigenvalue weighted by molar-refractivity contribution is -0.119. The zero-order valence-corrected chi connectivity index (χ0v) is 10.4. The van der Waals surface area contributed by atoms with Gasteiger partial charge in [0.15, 0.2) is 0 Å². The van der Waals surface area contributed by atoms with Crippen molar-refractivity contribution in [2.24, 2.45) is 0 Å². The van der Waals surface area contributed by atoms with Gasteiger partial charge in [-0.3, -0.25) is 9.69 Å². The molecule has 0 aromatic heterocycles. The molecule has 1 aromatic carbocycles. The molecule has 3 heteroatoms. The Morgan fingerprint density at radius 3 is 2.35 bits per heavy atom. The van der Waals surface area contributed by atoms with Crippen LogP contribution in [-0.2, 0) is 17.9 Å². The quantitative estimate of drug-likeness (QED) is 0.860. The summed E-state index contributed by atoms with van der Waals surface area (Å²) in [5.41, 5.74) is 2.52. The molecule has 2 rings (SSSR count). The number of likely N-dealkylation sites (tertiary alicyclic amines) is 1. The van der Waals surface area contributed by atoms with E-state index >= 15 is 0 Å². The average Bonchev–Trinajstić information content (AvgIpc) is 2.81. The Balaban J connectivity index is 1.86. The molecule has 0 saturated carbocycles. The third kappa shape index (κ3) is 3.86. The maximum Gasteiger partial charge on any atom is 0.217 e. The van der Waals surface area contributed by atoms with E-state index in [1.54, 1.807) is 6.92 Å². The van der Waals surface area contributed by atoms with E-state index < -0.39 is 0 Å². The summed E-state index contributed by atoms with van der Waals surface area (Å²) in [6.07, 6.45) is 2.67. The molecular formula is C14H20N2O. The number of carbonyl (C=O) groups excluding carboxylic acids is 1. The summed E-state index contributed by atoms with van der Waals surface area (Å²) < 4.78 is 0. The minimum atomic E-state index is 0.0196. The molecular weight excluding hydrogens is 212 g/mol. The van der Waals surface area contributed by atoms with Crippen LogP contribution in [0.5, 0.6) is 0 Å². The van der Waals surface area contributed by atoms with Gasteiger partial charge < -0.3 is 5.32 Å². The molecule has 1 fully saturated rings. The Morgan fingerprint density at radius 1 is 1.18 bits per heavy atom. The van der Waals surface area contributed by atoms with Crippen LogP contribution >= 0.6 is 0 Å². The minimum Gasteiger partial charge on any atom is -0.352 e. The first-order valence-electron chi connectivity index (χ1n) is 6.28. The van der Waals surface area contributed by atoms with Gasteiger partial charge in [-0.2, -0.15) is 0 Å². The highest BCUT2D eigenvalue weighted by atomic mass is 16.1. The predicted octanol–water partition coefficient (Wildman–Crippen LogP) is 1.92. The number of hydrogen-bond donors (Lipinski definition) is 1. The van der Waals surface area contributed by atoms with Crippen molar-refractivity contribution in [2.45, 2.75) is 32.9 Å². The van der Waals surface area contributed by atoms with Gasteiger partial charge in [0, 0.05) is 20.0 Å². The topological polar surface area (TPSA) is 32.3 Å². The fraction of sp³-hybridized carbons (Fsp3) is 0.500. The lowest BCUT2D eigenvalue weighted by atomic mass is 10.1. The summed E-state index contributed by atoms with van der Waals surface area (Å²) in [4.78, 5) is 13.3. The van der Waals surface area contributed by atoms with Gasteiger partial charge in [0.2, 0.25) is 5.91 Å². The molecule has 1 N–H and O–H groups in total. The van der Waals surface area contributed by atoms with Gasteiger partial charge in [0.05, 0.1) is 0 Å². The van der Waals surface area contributed by atoms with E-state index in [-0.39, 0.29) is 5.91 Å². The molecule has 17 heavy (non-hydrogen) atoms. The molecule has 3 nitrogen and oxygen atoms in total. The Morgan fingerprint density at radius 2 is 1.76 bits per heavy atom. The molecule has 0 radical (unpaired) electrons. The number of amides is 1. The Kier molecular flexibility index (Phi) is 4.15. The number of nitrogens with one attached hydrogen (secondary N) is 1. The van der Waals surface area contributed by atoms with Crippen LogP contribution in [0.1, 0.15) is 30.9 Å². The third-order valence-electron chi connectivity index (χ3n) is 3.17. The second-order valence-electron chi connectivity index (χ2n) is 4.71. The van der Waals surface area contributed by atoms with Crippen LogP contribution in [0.25, 0.3) is 0 Å². The van der Waals surface area contributed by atoms with Crippen LogP contribution in [0.15, 0.2) is 24.3 Å². The first-order valence-corrected chi connectivity index (χ1v) is 6.28. The zero-order valence-electron chi connectivity index (χ0n) is 10.4. The van der Waals surface area contributed by atoms with Crippen molar-refractivity contribution in [3.05, 3.63) is 35.4 Å². The highest BCUT2D eigenvalue weighted by molar-refractivity contribution is 5.72. The van der Waals surface area contributed by atoms with Crippen LogP contribution < -0.4 is 5.32 Å². The van der Waals surface area contributed by atoms with Crippen molar-refractivity contribution < 1.29 is 4.79 Å². The van der Waals surface area contributed by atoms with Crippen LogP contribution in [-0.4, -0.2) is 23.9 Å². The van der Waals surface area contributed by atoms with E-state index in [2.05, 4.69) is 34.5 Å². The molecule has 1 saturated heterocycles. The maximum atomic E-state index is 10.8. The predicted molar refractivity (Wildman–Crippen MR) is 68.5 cm³/mol. The van der Waals surface area contributed by atoms with Crippen molar-refractivity contribution in [1.29, 1.82) is 0 Å². The van der Waals surface area contributed by atoms with Gasteiger partial charge in [0.25, 0.3) is 0 Å². The van der Waals surface area contributed by atoms with Gasteiger partial charge in [-0.1, -0.05) is 24.3 Å². The lowest BCUT2D eigenvalue weighted by Gasteiger charge is -2.14. The summed E-state index contributed by atoms with van der Waals surface area (Å²) in [6, 6.07) is 8.52. The summed E-state index contributed by atoms with van der Waals surface area (Å²) in [5.74, 6) is 0.0196. The van der Waals surface area contributed by atoms with Gasteiger partial charge in [-0.05, 0) is 37.1 Å². The number of hydrogen-bond acceptors (Lipinski definition) is 2. The SMILES string of the molecule is CC(=O)NCc1ccc(CN2CCCC2)cc1. The van der Waals surface area contributed by atoms with Crippen LogP contribution in [0.4, 0.5) is 0 Å². The number of benzene rings is 1. The molecule has 1 aliphatic rings. The molecule has 0 bridgehead atoms. The van der Waals surface area contributed by atoms with Gasteiger partial charge >= 0.3 is 0 Å². The summed E-state index contributed by atoms with van der Waals surface area (Å²) >= 11 is 0. The fourth-order valence-electron chi connectivity index (χ4n) is 2.19. The molecule has 0 unspecified atom stereocenters. The molecule has 1 amide bonds. The highest BCUT2D eigenvalue weighted by Gasteiger charge is 2.11. The normalized spacial score (nSPS) is 16.1. The lowest BCUT2D eigenvalue weighted by Crippen LogP contribution is -2.19. The van der Waals surface area contributed by atoms with Gasteiger partial charge in [-0.15, -0.1) is 0 Å². The number of carbonyl (C=O) groups is 1. The molecule has 0 atom stereocenters. The number of nitrogens with zero attached hydrogens (tertiary/aromatic N) is 1. The second kappa shape index (κ2) is 5.82. The van der Waals surface area contributed by atoms with Crippen molar-refractivity contribution >= 4 is 5.91 Å². The number of rotatable bonds is 4. The monoisotopic (exact) mass is 232 g/mol. The molecule has 0 spiro atoms. The summed E-state index contributed by atoms with van der Waals surface area (Å²) in [5, 5.41) is 2.81. The second-order valence-corrected chi connectivity index (χ2v) is 4.71. The highest BCUT2D eigenvalue weighted by Crippen LogP contribution is 2.13. The smallest absolute Gasteiger partial charge is 0.217 e. The van der Waals surface area contributed by atoms with E-state index in [1.807, 2.05) is 0 Å². The van der Waals surface area contributed by atoms with E-state index in [4.69, 9.17) is 0 Å². The van der Waals surface area contributed by atoms with Crippen LogP contribution in [0, 0.1) is 0 Å². The zero-order chi connectivity index (χ0) is 12.1. The van der Waals surface area contributed by atoms with E-state index in [1.165, 1.54) is 31.5 Å². The third-order valence-corrected chi connectivity index (χ3v) is 3.17. The summed E-state index contributed by atoms with van der Waals surface area (Å²) in [6.45, 7) is 5.68. The maximum absolute atomic E-state index is 10.8. The van der Waals surface area contributed by atoms with Gasteiger partial charge in [0.1, 0.15) is 0 Å². The fourth-order valence-corrected chi connectivity index (χ4v) is 2.19. The van der Waals surface area contributed by atoms with E-state index in [9.17, 15) is 4.79 Å². The molecule has 92 valence electrons. The van der Waals surface area contributed by atoms with Gasteiger partial charge in [-0.25, -0.2) is 0 Å². The van der Waals surface area contributed by atoms with E-state index in [0.29, 0.717) is 6.54 Å². The van der Waals surface area contributed by atoms with Crippen molar-refractivity contribution in [3.8, 4) is 0 Å². The molecule has 0 aliphatic carbocycles. The van der Waals surface area contributed by atoms with Crippen molar-refractivity contribution in [3.63, 3.8) is 0 Å². The molecule has 1 aliphatic heterocycles. The first kappa shape index (κ1) is 12.1. The minimum absolute atomic E-state index is 0.0196. The average molecular weight is 232 g/mol. The Labute approximate surface area is 103 Å². The standard InChI is InChI=1S/C14H20N2O/c1-12(17)15-10-13-4-6-14(7-5-13)11-16-8-2-3-9-16/h4-7H,2-3,8-11H2,1H3,(H,15,17). The van der Waals surface area contributed by atoms with Crippen LogP contribution in [0.3, 0.4) is 0 Å². The van der Waals surface area contributed by atoms with E-state index in [0.717, 1.165) is 12.1 Å². The Hall–Kier alpha value is -1.35. The van der Waals surface area contributed by atoms with Crippen molar-refractivity contribution in [2.75, 3.05) is 13.1 Å². The largest absolute Gasteiger partial charge is 0.352 e. The Bertz CT molecular complexity index is 366. The van der Waals surface area contributed by atoms with Crippen LogP contribution in [0.2, 0.25) is 0 Å². The summed E-state index contributed by atoms with van der Waals surface area (Å²) in [7, 11) is 0. The molecule has 1 heterocycles. The molecule has 1 aromatic rings. The first-order chi connectivity index (χ1) is 8.24. The van der Waals surface area contributed by atoms with Crippen molar-refractivity contribution in [1.82, 2.24) is 10.2 Å².